The van der Waals surface area contributed by atoms with Crippen LogP contribution in [0.3, 0.4) is 0 Å². The van der Waals surface area contributed by atoms with E-state index in [1.165, 1.54) is 70.6 Å². The molecule has 0 unspecified atom stereocenters. The summed E-state index contributed by atoms with van der Waals surface area (Å²) in [5.41, 5.74) is 4.43. The van der Waals surface area contributed by atoms with Crippen LogP contribution < -0.4 is 0 Å². The van der Waals surface area contributed by atoms with Crippen molar-refractivity contribution in [3.05, 3.63) is 11.3 Å². The van der Waals surface area contributed by atoms with Crippen LogP contribution in [0.4, 0.5) is 0 Å². The molecular formula is C15H31NSi. The lowest BCUT2D eigenvalue weighted by atomic mass is 10.1. The third-order valence-corrected chi connectivity index (χ3v) is 5.29. The summed E-state index contributed by atoms with van der Waals surface area (Å²) in [4.78, 5) is 2.68. The number of hydrogen-bond donors (Lipinski definition) is 0. The third kappa shape index (κ3) is 7.05. The van der Waals surface area contributed by atoms with E-state index in [0.717, 1.165) is 0 Å². The molecule has 0 N–H and O–H groups in total. The van der Waals surface area contributed by atoms with E-state index < -0.39 is 0 Å². The van der Waals surface area contributed by atoms with Gasteiger partial charge in [0.2, 0.25) is 0 Å². The Kier molecular flexibility index (Phi) is 8.72. The van der Waals surface area contributed by atoms with Gasteiger partial charge in [0.1, 0.15) is 0 Å². The highest BCUT2D eigenvalue weighted by Crippen LogP contribution is 2.12. The van der Waals surface area contributed by atoms with E-state index in [0.29, 0.717) is 0 Å². The van der Waals surface area contributed by atoms with Crippen LogP contribution in [0.15, 0.2) is 11.3 Å². The smallest absolute Gasteiger partial charge is 0.0466 e. The maximum atomic E-state index is 2.68. The summed E-state index contributed by atoms with van der Waals surface area (Å²) < 4.78 is 0. The fourth-order valence-electron chi connectivity index (χ4n) is 2.78. The van der Waals surface area contributed by atoms with Gasteiger partial charge < -0.3 is 4.90 Å². The number of rotatable bonds is 8. The number of piperidine rings is 1. The van der Waals surface area contributed by atoms with Gasteiger partial charge in [-0.1, -0.05) is 38.7 Å². The monoisotopic (exact) mass is 253 g/mol. The van der Waals surface area contributed by atoms with Gasteiger partial charge in [-0.3, -0.25) is 0 Å². The van der Waals surface area contributed by atoms with Crippen molar-refractivity contribution in [1.29, 1.82) is 0 Å². The number of nitrogens with zero attached hydrogens (tertiary/aromatic N) is 1. The van der Waals surface area contributed by atoms with E-state index >= 15 is 0 Å². The minimum Gasteiger partial charge on any atom is -0.304 e. The lowest BCUT2D eigenvalue weighted by molar-refractivity contribution is 0.240. The van der Waals surface area contributed by atoms with Gasteiger partial charge in [0, 0.05) is 9.52 Å². The molecule has 0 amide bonds. The Hall–Kier alpha value is -0.0831. The zero-order valence-corrected chi connectivity index (χ0v) is 13.4. The molecule has 0 radical (unpaired) electrons. The second-order valence-corrected chi connectivity index (χ2v) is 7.10. The predicted molar refractivity (Wildman–Crippen MR) is 81.5 cm³/mol. The Balaban J connectivity index is 2.12. The van der Waals surface area contributed by atoms with Gasteiger partial charge >= 0.3 is 0 Å². The molecule has 2 heteroatoms. The highest BCUT2D eigenvalue weighted by molar-refractivity contribution is 6.42. The zero-order chi connectivity index (χ0) is 12.3. The van der Waals surface area contributed by atoms with Gasteiger partial charge in [-0.2, -0.15) is 0 Å². The van der Waals surface area contributed by atoms with Crippen LogP contribution in [0.5, 0.6) is 0 Å². The van der Waals surface area contributed by atoms with Crippen molar-refractivity contribution in [3.8, 4) is 0 Å². The molecule has 1 aliphatic heterocycles. The summed E-state index contributed by atoms with van der Waals surface area (Å²) in [5.74, 6) is 0. The van der Waals surface area contributed by atoms with Crippen molar-refractivity contribution in [3.63, 3.8) is 0 Å². The molecule has 1 aliphatic rings. The van der Waals surface area contributed by atoms with Crippen molar-refractivity contribution >= 4 is 9.52 Å². The first kappa shape index (κ1) is 15.0. The summed E-state index contributed by atoms with van der Waals surface area (Å²) >= 11 is 0. The summed E-state index contributed by atoms with van der Waals surface area (Å²) in [7, 11) is 0.0745. The molecule has 1 heterocycles. The summed E-state index contributed by atoms with van der Waals surface area (Å²) in [6.45, 7) is 8.73. The molecule has 0 aliphatic carbocycles. The van der Waals surface area contributed by atoms with Gasteiger partial charge in [-0.05, 0) is 51.4 Å². The van der Waals surface area contributed by atoms with E-state index in [1.54, 1.807) is 5.57 Å². The minimum atomic E-state index is 0.0745. The molecule has 1 saturated heterocycles. The second kappa shape index (κ2) is 9.90. The van der Waals surface area contributed by atoms with E-state index in [-0.39, 0.29) is 9.52 Å². The van der Waals surface area contributed by atoms with Gasteiger partial charge in [-0.15, -0.1) is 5.70 Å². The van der Waals surface area contributed by atoms with Crippen molar-refractivity contribution in [1.82, 2.24) is 4.90 Å². The molecular weight excluding hydrogens is 222 g/mol. The largest absolute Gasteiger partial charge is 0.304 e. The third-order valence-electron chi connectivity index (χ3n) is 3.70. The average Bonchev–Trinajstić information content (AvgIpc) is 2.36. The first-order valence-electron chi connectivity index (χ1n) is 7.77. The van der Waals surface area contributed by atoms with Crippen molar-refractivity contribution < 1.29 is 0 Å². The zero-order valence-electron chi connectivity index (χ0n) is 12.0. The van der Waals surface area contributed by atoms with Crippen LogP contribution in [-0.4, -0.2) is 34.1 Å². The maximum absolute atomic E-state index is 2.68. The maximum Gasteiger partial charge on any atom is 0.0466 e. The molecule has 0 atom stereocenters. The van der Waals surface area contributed by atoms with Crippen molar-refractivity contribution in [2.24, 2.45) is 0 Å². The normalized spacial score (nSPS) is 17.8. The van der Waals surface area contributed by atoms with Crippen LogP contribution >= 0.6 is 0 Å². The lowest BCUT2D eigenvalue weighted by Gasteiger charge is -2.26. The molecule has 0 spiro atoms. The molecule has 0 aromatic rings. The molecule has 1 rings (SSSR count). The highest BCUT2D eigenvalue weighted by atomic mass is 28.2. The Morgan fingerprint density at radius 3 is 2.29 bits per heavy atom. The first-order valence-corrected chi connectivity index (χ1v) is 9.58. The summed E-state index contributed by atoms with van der Waals surface area (Å²) in [5, 5.41) is 0. The van der Waals surface area contributed by atoms with Crippen LogP contribution in [0.2, 0.25) is 6.04 Å². The van der Waals surface area contributed by atoms with E-state index in [9.17, 15) is 0 Å². The topological polar surface area (TPSA) is 3.24 Å². The molecule has 0 bridgehead atoms. The van der Waals surface area contributed by atoms with Crippen LogP contribution in [-0.2, 0) is 0 Å². The first-order chi connectivity index (χ1) is 8.36. The Bertz CT molecular complexity index is 199. The fourth-order valence-corrected chi connectivity index (χ4v) is 4.43. The molecule has 17 heavy (non-hydrogen) atoms. The summed E-state index contributed by atoms with van der Waals surface area (Å²) in [6.07, 6.45) is 9.70. The molecule has 0 aromatic heterocycles. The molecule has 0 saturated carbocycles. The number of allylic oxidation sites excluding steroid dienone is 1. The average molecular weight is 254 g/mol. The SMILES string of the molecule is CCCC(=C[SiH2]CCN1CCCCC1)CCC. The number of hydrogen-bond acceptors (Lipinski definition) is 1. The van der Waals surface area contributed by atoms with Gasteiger partial charge in [0.25, 0.3) is 0 Å². The van der Waals surface area contributed by atoms with E-state index in [1.807, 2.05) is 0 Å². The van der Waals surface area contributed by atoms with Crippen molar-refractivity contribution in [2.75, 3.05) is 19.6 Å². The lowest BCUT2D eigenvalue weighted by Crippen LogP contribution is -2.30. The number of likely N-dealkylation sites (tertiary alicyclic amines) is 1. The molecule has 0 aromatic carbocycles. The quantitative estimate of drug-likeness (QED) is 0.472. The Labute approximate surface area is 110 Å². The van der Waals surface area contributed by atoms with E-state index in [4.69, 9.17) is 0 Å². The van der Waals surface area contributed by atoms with Crippen molar-refractivity contribution in [2.45, 2.75) is 64.8 Å². The highest BCUT2D eigenvalue weighted by Gasteiger charge is 2.08. The molecule has 1 nitrogen and oxygen atoms in total. The van der Waals surface area contributed by atoms with Gasteiger partial charge in [-0.25, -0.2) is 0 Å². The Morgan fingerprint density at radius 1 is 1.06 bits per heavy atom. The molecule has 100 valence electrons. The predicted octanol–water partition coefficient (Wildman–Crippen LogP) is 3.54. The van der Waals surface area contributed by atoms with E-state index in [2.05, 4.69) is 24.4 Å². The second-order valence-electron chi connectivity index (χ2n) is 5.41. The van der Waals surface area contributed by atoms with Crippen LogP contribution in [0.25, 0.3) is 0 Å². The Morgan fingerprint density at radius 2 is 1.71 bits per heavy atom. The van der Waals surface area contributed by atoms with Gasteiger partial charge in [0.15, 0.2) is 0 Å². The van der Waals surface area contributed by atoms with Crippen LogP contribution in [0, 0.1) is 0 Å². The standard InChI is InChI=1S/C15H31NSi/c1-3-8-15(9-4-2)14-17-13-12-16-10-6-5-7-11-16/h14H,3-13,17H2,1-2H3. The fraction of sp³-hybridized carbons (Fsp3) is 0.867. The van der Waals surface area contributed by atoms with Crippen LogP contribution in [0.1, 0.15) is 58.8 Å². The molecule has 1 fully saturated rings. The van der Waals surface area contributed by atoms with Gasteiger partial charge in [0.05, 0.1) is 0 Å². The minimum absolute atomic E-state index is 0.0745. The summed E-state index contributed by atoms with van der Waals surface area (Å²) in [6, 6.07) is 1.50.